The second kappa shape index (κ2) is 6.94. The largest absolute Gasteiger partial charge is 0.298 e. The van der Waals surface area contributed by atoms with E-state index in [1.54, 1.807) is 24.3 Å². The van der Waals surface area contributed by atoms with Gasteiger partial charge in [-0.25, -0.2) is 4.98 Å². The van der Waals surface area contributed by atoms with Gasteiger partial charge < -0.3 is 0 Å². The van der Waals surface area contributed by atoms with E-state index in [9.17, 15) is 4.79 Å². The van der Waals surface area contributed by atoms with E-state index in [1.165, 1.54) is 22.5 Å². The molecule has 1 aromatic heterocycles. The highest BCUT2D eigenvalue weighted by Crippen LogP contribution is 2.22. The van der Waals surface area contributed by atoms with Gasteiger partial charge in [-0.05, 0) is 36.8 Å². The highest BCUT2D eigenvalue weighted by atomic mass is 35.5. The van der Waals surface area contributed by atoms with E-state index in [2.05, 4.69) is 41.5 Å². The second-order valence-electron chi connectivity index (χ2n) is 5.26. The van der Waals surface area contributed by atoms with Crippen LogP contribution in [-0.4, -0.2) is 10.9 Å². The maximum atomic E-state index is 12.1. The van der Waals surface area contributed by atoms with E-state index in [0.717, 1.165) is 11.3 Å². The molecule has 3 nitrogen and oxygen atoms in total. The molecule has 0 atom stereocenters. The number of nitrogens with one attached hydrogen (secondary N) is 1. The van der Waals surface area contributed by atoms with Crippen LogP contribution in [0.2, 0.25) is 5.02 Å². The minimum Gasteiger partial charge on any atom is -0.298 e. The first kappa shape index (κ1) is 15.7. The fraction of sp³-hybridized carbons (Fsp3) is 0.111. The van der Waals surface area contributed by atoms with Crippen LogP contribution in [0.1, 0.15) is 26.4 Å². The number of rotatable bonds is 4. The van der Waals surface area contributed by atoms with E-state index in [-0.39, 0.29) is 5.91 Å². The zero-order valence-corrected chi connectivity index (χ0v) is 14.1. The summed E-state index contributed by atoms with van der Waals surface area (Å²) in [5.74, 6) is -0.182. The lowest BCUT2D eigenvalue weighted by molar-refractivity contribution is 0.102. The van der Waals surface area contributed by atoms with E-state index in [0.29, 0.717) is 15.7 Å². The van der Waals surface area contributed by atoms with Crippen LogP contribution < -0.4 is 5.32 Å². The third-order valence-corrected chi connectivity index (χ3v) is 4.54. The van der Waals surface area contributed by atoms with E-state index < -0.39 is 0 Å². The van der Waals surface area contributed by atoms with E-state index in [1.807, 2.05) is 6.20 Å². The minimum absolute atomic E-state index is 0.182. The van der Waals surface area contributed by atoms with Crippen LogP contribution in [-0.2, 0) is 6.42 Å². The zero-order chi connectivity index (χ0) is 16.2. The van der Waals surface area contributed by atoms with Crippen molar-refractivity contribution < 1.29 is 4.79 Å². The maximum Gasteiger partial charge on any atom is 0.257 e. The number of carbonyl (C=O) groups excluding carboxylic acids is 1. The van der Waals surface area contributed by atoms with E-state index in [4.69, 9.17) is 11.6 Å². The summed E-state index contributed by atoms with van der Waals surface area (Å²) in [6.07, 6.45) is 2.62. The SMILES string of the molecule is Cc1ccc(Cc2cnc(NC(=O)c3ccc(Cl)cc3)s2)cc1. The van der Waals surface area contributed by atoms with Crippen molar-refractivity contribution in [2.45, 2.75) is 13.3 Å². The summed E-state index contributed by atoms with van der Waals surface area (Å²) >= 11 is 7.31. The molecule has 0 radical (unpaired) electrons. The van der Waals surface area contributed by atoms with Gasteiger partial charge in [0, 0.05) is 28.1 Å². The fourth-order valence-electron chi connectivity index (χ4n) is 2.12. The quantitative estimate of drug-likeness (QED) is 0.729. The van der Waals surface area contributed by atoms with Gasteiger partial charge in [0.15, 0.2) is 5.13 Å². The lowest BCUT2D eigenvalue weighted by Crippen LogP contribution is -2.11. The summed E-state index contributed by atoms with van der Waals surface area (Å²) in [5, 5.41) is 4.03. The molecule has 5 heteroatoms. The molecule has 3 rings (SSSR count). The number of hydrogen-bond acceptors (Lipinski definition) is 3. The first-order valence-corrected chi connectivity index (χ1v) is 8.37. The summed E-state index contributed by atoms with van der Waals surface area (Å²) in [5.41, 5.74) is 3.04. The molecule has 0 saturated heterocycles. The Morgan fingerprint density at radius 2 is 1.83 bits per heavy atom. The molecule has 0 bridgehead atoms. The normalized spacial score (nSPS) is 10.5. The van der Waals surface area contributed by atoms with Gasteiger partial charge in [0.1, 0.15) is 0 Å². The molecule has 0 aliphatic heterocycles. The van der Waals surface area contributed by atoms with Crippen molar-refractivity contribution in [2.75, 3.05) is 5.32 Å². The van der Waals surface area contributed by atoms with Crippen molar-refractivity contribution in [3.63, 3.8) is 0 Å². The number of anilines is 1. The summed E-state index contributed by atoms with van der Waals surface area (Å²) in [6.45, 7) is 2.07. The monoisotopic (exact) mass is 342 g/mol. The molecule has 1 amide bonds. The average Bonchev–Trinajstić information content (AvgIpc) is 2.97. The van der Waals surface area contributed by atoms with Crippen molar-refractivity contribution in [1.82, 2.24) is 4.98 Å². The van der Waals surface area contributed by atoms with Gasteiger partial charge in [-0.15, -0.1) is 11.3 Å². The van der Waals surface area contributed by atoms with Crippen molar-refractivity contribution in [3.05, 3.63) is 81.3 Å². The Kier molecular flexibility index (Phi) is 4.74. The minimum atomic E-state index is -0.182. The number of benzene rings is 2. The summed E-state index contributed by atoms with van der Waals surface area (Å²) in [7, 11) is 0. The number of hydrogen-bond donors (Lipinski definition) is 1. The third-order valence-electron chi connectivity index (χ3n) is 3.38. The van der Waals surface area contributed by atoms with Crippen LogP contribution in [0.15, 0.2) is 54.7 Å². The first-order valence-electron chi connectivity index (χ1n) is 7.17. The molecule has 0 spiro atoms. The van der Waals surface area contributed by atoms with Gasteiger partial charge in [-0.2, -0.15) is 0 Å². The smallest absolute Gasteiger partial charge is 0.257 e. The number of nitrogens with zero attached hydrogens (tertiary/aromatic N) is 1. The van der Waals surface area contributed by atoms with E-state index >= 15 is 0 Å². The molecule has 0 aliphatic carbocycles. The molecule has 23 heavy (non-hydrogen) atoms. The molecule has 1 heterocycles. The Hall–Kier alpha value is -2.17. The third kappa shape index (κ3) is 4.18. The number of aryl methyl sites for hydroxylation is 1. The lowest BCUT2D eigenvalue weighted by atomic mass is 10.1. The Morgan fingerprint density at radius 3 is 2.52 bits per heavy atom. The van der Waals surface area contributed by atoms with Gasteiger partial charge in [0.05, 0.1) is 0 Å². The molecular formula is C18H15ClN2OS. The van der Waals surface area contributed by atoms with Crippen LogP contribution in [0, 0.1) is 6.92 Å². The summed E-state index contributed by atoms with van der Waals surface area (Å²) in [4.78, 5) is 17.5. The molecule has 116 valence electrons. The first-order chi connectivity index (χ1) is 11.1. The summed E-state index contributed by atoms with van der Waals surface area (Å²) < 4.78 is 0. The Bertz CT molecular complexity index is 810. The second-order valence-corrected chi connectivity index (χ2v) is 6.81. The molecule has 1 N–H and O–H groups in total. The van der Waals surface area contributed by atoms with Crippen molar-refractivity contribution in [3.8, 4) is 0 Å². The van der Waals surface area contributed by atoms with Crippen LogP contribution in [0.3, 0.4) is 0 Å². The molecule has 0 unspecified atom stereocenters. The standard InChI is InChI=1S/C18H15ClN2OS/c1-12-2-4-13(5-3-12)10-16-11-20-18(23-16)21-17(22)14-6-8-15(19)9-7-14/h2-9,11H,10H2,1H3,(H,20,21,22). The molecule has 0 saturated carbocycles. The van der Waals surface area contributed by atoms with Crippen LogP contribution in [0.5, 0.6) is 0 Å². The van der Waals surface area contributed by atoms with Gasteiger partial charge in [0.25, 0.3) is 5.91 Å². The van der Waals surface area contributed by atoms with Gasteiger partial charge >= 0.3 is 0 Å². The van der Waals surface area contributed by atoms with Crippen LogP contribution in [0.4, 0.5) is 5.13 Å². The fourth-order valence-corrected chi connectivity index (χ4v) is 3.09. The lowest BCUT2D eigenvalue weighted by Gasteiger charge is -2.01. The van der Waals surface area contributed by atoms with Crippen LogP contribution >= 0.6 is 22.9 Å². The van der Waals surface area contributed by atoms with Crippen molar-refractivity contribution in [2.24, 2.45) is 0 Å². The predicted octanol–water partition coefficient (Wildman–Crippen LogP) is 4.95. The number of thiazole rings is 1. The molecule has 3 aromatic rings. The highest BCUT2D eigenvalue weighted by molar-refractivity contribution is 7.15. The maximum absolute atomic E-state index is 12.1. The Morgan fingerprint density at radius 1 is 1.13 bits per heavy atom. The average molecular weight is 343 g/mol. The van der Waals surface area contributed by atoms with Gasteiger partial charge in [0.2, 0.25) is 0 Å². The number of halogens is 1. The van der Waals surface area contributed by atoms with Crippen molar-refractivity contribution >= 4 is 34.0 Å². The molecule has 0 aliphatic rings. The number of carbonyl (C=O) groups is 1. The van der Waals surface area contributed by atoms with Gasteiger partial charge in [-0.3, -0.25) is 10.1 Å². The molecule has 0 fully saturated rings. The number of aromatic nitrogens is 1. The Balaban J connectivity index is 1.66. The highest BCUT2D eigenvalue weighted by Gasteiger charge is 2.09. The molecular weight excluding hydrogens is 328 g/mol. The summed E-state index contributed by atoms with van der Waals surface area (Å²) in [6, 6.07) is 15.2. The topological polar surface area (TPSA) is 42.0 Å². The number of amides is 1. The van der Waals surface area contributed by atoms with Gasteiger partial charge in [-0.1, -0.05) is 41.4 Å². The van der Waals surface area contributed by atoms with Crippen molar-refractivity contribution in [1.29, 1.82) is 0 Å². The Labute approximate surface area is 144 Å². The van der Waals surface area contributed by atoms with Crippen LogP contribution in [0.25, 0.3) is 0 Å². The molecule has 2 aromatic carbocycles. The zero-order valence-electron chi connectivity index (χ0n) is 12.5. The predicted molar refractivity (Wildman–Crippen MR) is 95.5 cm³/mol.